The first-order valence-corrected chi connectivity index (χ1v) is 7.52. The van der Waals surface area contributed by atoms with Gasteiger partial charge in [0.1, 0.15) is 13.2 Å². The van der Waals surface area contributed by atoms with Crippen molar-refractivity contribution in [2.24, 2.45) is 0 Å². The third-order valence-electron chi connectivity index (χ3n) is 3.51. The van der Waals surface area contributed by atoms with Crippen molar-refractivity contribution in [2.45, 2.75) is 19.4 Å². The van der Waals surface area contributed by atoms with Crippen LogP contribution in [0.4, 0.5) is 0 Å². The maximum absolute atomic E-state index is 5.87. The van der Waals surface area contributed by atoms with Gasteiger partial charge in [0, 0.05) is 10.0 Å². The Morgan fingerprint density at radius 2 is 2.16 bits per heavy atom. The molecule has 0 bridgehead atoms. The summed E-state index contributed by atoms with van der Waals surface area (Å²) in [7, 11) is 0. The number of halogens is 1. The van der Waals surface area contributed by atoms with Gasteiger partial charge in [0.15, 0.2) is 11.5 Å². The van der Waals surface area contributed by atoms with Crippen molar-refractivity contribution in [1.29, 1.82) is 0 Å². The fraction of sp³-hybridized carbons (Fsp3) is 0.571. The van der Waals surface area contributed by atoms with Gasteiger partial charge in [-0.2, -0.15) is 0 Å². The molecule has 104 valence electrons. The first-order chi connectivity index (χ1) is 9.31. The van der Waals surface area contributed by atoms with E-state index in [-0.39, 0.29) is 6.04 Å². The Kier molecular flexibility index (Phi) is 3.96. The molecule has 4 nitrogen and oxygen atoms in total. The third kappa shape index (κ3) is 2.47. The SMILES string of the molecule is CCNC1COCCc2c(Br)cc3c(c21)OCCO3. The van der Waals surface area contributed by atoms with E-state index in [9.17, 15) is 0 Å². The summed E-state index contributed by atoms with van der Waals surface area (Å²) >= 11 is 3.66. The van der Waals surface area contributed by atoms with E-state index in [1.165, 1.54) is 11.1 Å². The highest BCUT2D eigenvalue weighted by Crippen LogP contribution is 2.44. The lowest BCUT2D eigenvalue weighted by Crippen LogP contribution is -2.27. The minimum atomic E-state index is 0.162. The molecule has 1 N–H and O–H groups in total. The molecule has 1 aromatic rings. The van der Waals surface area contributed by atoms with E-state index in [4.69, 9.17) is 14.2 Å². The molecule has 0 spiro atoms. The van der Waals surface area contributed by atoms with Gasteiger partial charge < -0.3 is 19.5 Å². The number of nitrogens with one attached hydrogen (secondary N) is 1. The normalized spacial score (nSPS) is 21.7. The molecule has 19 heavy (non-hydrogen) atoms. The summed E-state index contributed by atoms with van der Waals surface area (Å²) in [5, 5.41) is 3.48. The summed E-state index contributed by atoms with van der Waals surface area (Å²) in [4.78, 5) is 0. The molecule has 2 heterocycles. The lowest BCUT2D eigenvalue weighted by molar-refractivity contribution is 0.120. The molecular weight excluding hydrogens is 310 g/mol. The molecule has 1 atom stereocenters. The predicted octanol–water partition coefficient (Wildman–Crippen LogP) is 2.44. The van der Waals surface area contributed by atoms with Crippen LogP contribution in [0.25, 0.3) is 0 Å². The van der Waals surface area contributed by atoms with Gasteiger partial charge in [0.2, 0.25) is 0 Å². The zero-order valence-corrected chi connectivity index (χ0v) is 12.6. The average molecular weight is 328 g/mol. The Morgan fingerprint density at radius 1 is 1.32 bits per heavy atom. The molecule has 0 saturated carbocycles. The van der Waals surface area contributed by atoms with Gasteiger partial charge in [-0.1, -0.05) is 22.9 Å². The van der Waals surface area contributed by atoms with Crippen molar-refractivity contribution in [3.05, 3.63) is 21.7 Å². The average Bonchev–Trinajstić information content (AvgIpc) is 2.63. The Morgan fingerprint density at radius 3 is 3.00 bits per heavy atom. The Labute approximate surface area is 121 Å². The van der Waals surface area contributed by atoms with Gasteiger partial charge in [-0.05, 0) is 24.6 Å². The van der Waals surface area contributed by atoms with Crippen LogP contribution in [0.2, 0.25) is 0 Å². The van der Waals surface area contributed by atoms with Crippen LogP contribution in [-0.2, 0) is 11.2 Å². The summed E-state index contributed by atoms with van der Waals surface area (Å²) in [6.45, 7) is 5.64. The number of hydrogen-bond acceptors (Lipinski definition) is 4. The molecule has 2 aliphatic rings. The zero-order valence-electron chi connectivity index (χ0n) is 11.0. The smallest absolute Gasteiger partial charge is 0.166 e. The number of rotatable bonds is 2. The summed E-state index contributed by atoms with van der Waals surface area (Å²) < 4.78 is 18.4. The maximum Gasteiger partial charge on any atom is 0.166 e. The van der Waals surface area contributed by atoms with E-state index < -0.39 is 0 Å². The fourth-order valence-electron chi connectivity index (χ4n) is 2.71. The Bertz CT molecular complexity index is 478. The van der Waals surface area contributed by atoms with Gasteiger partial charge >= 0.3 is 0 Å². The van der Waals surface area contributed by atoms with Crippen molar-refractivity contribution in [3.63, 3.8) is 0 Å². The minimum absolute atomic E-state index is 0.162. The van der Waals surface area contributed by atoms with Gasteiger partial charge in [0.05, 0.1) is 19.3 Å². The van der Waals surface area contributed by atoms with Crippen LogP contribution in [0.3, 0.4) is 0 Å². The van der Waals surface area contributed by atoms with Crippen molar-refractivity contribution >= 4 is 15.9 Å². The van der Waals surface area contributed by atoms with Crippen LogP contribution in [0, 0.1) is 0 Å². The molecule has 0 radical (unpaired) electrons. The summed E-state index contributed by atoms with van der Waals surface area (Å²) in [5.41, 5.74) is 2.47. The number of hydrogen-bond donors (Lipinski definition) is 1. The quantitative estimate of drug-likeness (QED) is 0.905. The molecule has 1 unspecified atom stereocenters. The van der Waals surface area contributed by atoms with Crippen LogP contribution >= 0.6 is 15.9 Å². The second kappa shape index (κ2) is 5.69. The first kappa shape index (κ1) is 13.2. The van der Waals surface area contributed by atoms with Crippen LogP contribution < -0.4 is 14.8 Å². The molecule has 0 aromatic heterocycles. The molecule has 0 fully saturated rings. The van der Waals surface area contributed by atoms with Gasteiger partial charge in [-0.25, -0.2) is 0 Å². The highest BCUT2D eigenvalue weighted by atomic mass is 79.9. The largest absolute Gasteiger partial charge is 0.486 e. The Balaban J connectivity index is 2.13. The van der Waals surface area contributed by atoms with Gasteiger partial charge in [0.25, 0.3) is 0 Å². The monoisotopic (exact) mass is 327 g/mol. The third-order valence-corrected chi connectivity index (χ3v) is 4.21. The van der Waals surface area contributed by atoms with Crippen LogP contribution in [-0.4, -0.2) is 33.0 Å². The second-order valence-corrected chi connectivity index (χ2v) is 5.56. The van der Waals surface area contributed by atoms with Gasteiger partial charge in [-0.15, -0.1) is 0 Å². The maximum atomic E-state index is 5.87. The summed E-state index contributed by atoms with van der Waals surface area (Å²) in [6.07, 6.45) is 0.897. The number of benzene rings is 1. The number of likely N-dealkylation sites (N-methyl/N-ethyl adjacent to an activating group) is 1. The molecule has 1 aromatic carbocycles. The van der Waals surface area contributed by atoms with Crippen molar-refractivity contribution in [2.75, 3.05) is 33.0 Å². The second-order valence-electron chi connectivity index (χ2n) is 4.71. The van der Waals surface area contributed by atoms with Crippen LogP contribution in [0.15, 0.2) is 10.5 Å². The van der Waals surface area contributed by atoms with E-state index in [1.54, 1.807) is 0 Å². The van der Waals surface area contributed by atoms with Crippen molar-refractivity contribution in [1.82, 2.24) is 5.32 Å². The zero-order chi connectivity index (χ0) is 13.2. The molecule has 0 aliphatic carbocycles. The summed E-state index contributed by atoms with van der Waals surface area (Å²) in [5.74, 6) is 1.72. The van der Waals surface area contributed by atoms with Crippen LogP contribution in [0.1, 0.15) is 24.1 Å². The standard InChI is InChI=1S/C14H18BrNO3/c1-2-16-11-8-17-4-3-9-10(15)7-12-14(13(9)11)19-6-5-18-12/h7,11,16H,2-6,8H2,1H3. The van der Waals surface area contributed by atoms with Crippen molar-refractivity contribution in [3.8, 4) is 11.5 Å². The predicted molar refractivity (Wildman–Crippen MR) is 76.1 cm³/mol. The lowest BCUT2D eigenvalue weighted by atomic mass is 9.97. The van der Waals surface area contributed by atoms with E-state index >= 15 is 0 Å². The molecule has 5 heteroatoms. The minimum Gasteiger partial charge on any atom is -0.486 e. The molecule has 2 aliphatic heterocycles. The topological polar surface area (TPSA) is 39.7 Å². The highest BCUT2D eigenvalue weighted by Gasteiger charge is 2.29. The fourth-order valence-corrected chi connectivity index (χ4v) is 3.33. The first-order valence-electron chi connectivity index (χ1n) is 6.73. The number of ether oxygens (including phenoxy) is 3. The lowest BCUT2D eigenvalue weighted by Gasteiger charge is -2.27. The van der Waals surface area contributed by atoms with Crippen molar-refractivity contribution < 1.29 is 14.2 Å². The highest BCUT2D eigenvalue weighted by molar-refractivity contribution is 9.10. The summed E-state index contributed by atoms with van der Waals surface area (Å²) in [6, 6.07) is 2.18. The van der Waals surface area contributed by atoms with E-state index in [2.05, 4.69) is 28.2 Å². The van der Waals surface area contributed by atoms with E-state index in [0.29, 0.717) is 19.8 Å². The molecule has 0 amide bonds. The number of fused-ring (bicyclic) bond motifs is 3. The molecular formula is C14H18BrNO3. The van der Waals surface area contributed by atoms with E-state index in [1.807, 2.05) is 6.07 Å². The van der Waals surface area contributed by atoms with Gasteiger partial charge in [-0.3, -0.25) is 0 Å². The Hall–Kier alpha value is -0.780. The molecule has 0 saturated heterocycles. The molecule has 3 rings (SSSR count). The van der Waals surface area contributed by atoms with Crippen LogP contribution in [0.5, 0.6) is 11.5 Å². The van der Waals surface area contributed by atoms with E-state index in [0.717, 1.165) is 35.5 Å².